The highest BCUT2D eigenvalue weighted by atomic mass is 16.4. The van der Waals surface area contributed by atoms with Gasteiger partial charge in [0.1, 0.15) is 24.2 Å². The number of hydrogen-bond donors (Lipinski definition) is 5. The molecular weight excluding hydrogens is 582 g/mol. The largest absolute Gasteiger partial charge is 0.436 e. The molecule has 14 nitrogen and oxygen atoms in total. The van der Waals surface area contributed by atoms with Crippen molar-refractivity contribution in [2.75, 3.05) is 20.1 Å². The molecule has 2 heterocycles. The van der Waals surface area contributed by atoms with Crippen LogP contribution in [0.15, 0.2) is 34.7 Å². The van der Waals surface area contributed by atoms with Gasteiger partial charge in [-0.15, -0.1) is 0 Å². The molecule has 0 unspecified atom stereocenters. The molecule has 0 bridgehead atoms. The first-order chi connectivity index (χ1) is 21.3. The molecule has 1 saturated heterocycles. The number of amides is 6. The number of likely N-dealkylation sites (N-methyl/N-ethyl adjacent to an activating group) is 1. The van der Waals surface area contributed by atoms with Crippen molar-refractivity contribution >= 4 is 35.4 Å². The van der Waals surface area contributed by atoms with Gasteiger partial charge in [0.15, 0.2) is 5.89 Å². The number of nitrogens with zero attached hydrogens (tertiary/aromatic N) is 2. The fourth-order valence-corrected chi connectivity index (χ4v) is 4.89. The zero-order chi connectivity index (χ0) is 33.3. The van der Waals surface area contributed by atoms with Gasteiger partial charge in [0.25, 0.3) is 5.91 Å². The smallest absolute Gasteiger partial charge is 0.289 e. The maximum atomic E-state index is 13.5. The molecule has 5 N–H and O–H groups in total. The minimum absolute atomic E-state index is 0.0377. The maximum absolute atomic E-state index is 13.5. The Hall–Kier alpha value is -4.75. The Morgan fingerprint density at radius 1 is 1.02 bits per heavy atom. The van der Waals surface area contributed by atoms with E-state index in [9.17, 15) is 28.8 Å². The molecule has 2 aromatic rings. The van der Waals surface area contributed by atoms with Crippen molar-refractivity contribution in [2.45, 2.75) is 78.0 Å². The Bertz CT molecular complexity index is 1390. The summed E-state index contributed by atoms with van der Waals surface area (Å²) < 4.78 is 5.39. The third kappa shape index (κ3) is 9.88. The van der Waals surface area contributed by atoms with Gasteiger partial charge in [-0.25, -0.2) is 4.98 Å². The number of benzene rings is 1. The van der Waals surface area contributed by atoms with Crippen LogP contribution in [0.4, 0.5) is 0 Å². The minimum atomic E-state index is -1.09. The lowest BCUT2D eigenvalue weighted by Crippen LogP contribution is -2.59. The maximum Gasteiger partial charge on any atom is 0.289 e. The summed E-state index contributed by atoms with van der Waals surface area (Å²) in [5.41, 5.74) is 1.15. The molecule has 6 amide bonds. The summed E-state index contributed by atoms with van der Waals surface area (Å²) in [6, 6.07) is 4.90. The summed E-state index contributed by atoms with van der Waals surface area (Å²) in [5, 5.41) is 13.4. The Balaban J connectivity index is 1.85. The van der Waals surface area contributed by atoms with E-state index in [0.29, 0.717) is 18.0 Å². The quantitative estimate of drug-likeness (QED) is 0.310. The van der Waals surface area contributed by atoms with Gasteiger partial charge in [0, 0.05) is 26.9 Å². The second-order valence-corrected chi connectivity index (χ2v) is 11.6. The molecule has 0 radical (unpaired) electrons. The van der Waals surface area contributed by atoms with Gasteiger partial charge in [-0.2, -0.15) is 0 Å². The average molecular weight is 626 g/mol. The van der Waals surface area contributed by atoms with E-state index < -0.39 is 59.6 Å². The lowest BCUT2D eigenvalue weighted by atomic mass is 10.0. The number of hydrogen-bond acceptors (Lipinski definition) is 8. The summed E-state index contributed by atoms with van der Waals surface area (Å²) >= 11 is 0. The van der Waals surface area contributed by atoms with Gasteiger partial charge in [-0.05, 0) is 38.2 Å². The molecule has 4 atom stereocenters. The Labute approximate surface area is 262 Å². The van der Waals surface area contributed by atoms with E-state index in [1.165, 1.54) is 18.9 Å². The molecule has 1 aromatic heterocycles. The van der Waals surface area contributed by atoms with E-state index in [2.05, 4.69) is 31.6 Å². The van der Waals surface area contributed by atoms with Gasteiger partial charge in [0.2, 0.25) is 35.3 Å². The number of carbonyl (C=O) groups is 6. The molecule has 1 aliphatic rings. The van der Waals surface area contributed by atoms with Crippen LogP contribution in [-0.4, -0.2) is 89.6 Å². The van der Waals surface area contributed by atoms with Crippen molar-refractivity contribution in [2.24, 2.45) is 5.92 Å². The molecule has 45 heavy (non-hydrogen) atoms. The second kappa shape index (κ2) is 15.8. The third-order valence-corrected chi connectivity index (χ3v) is 7.38. The first kappa shape index (κ1) is 34.7. The van der Waals surface area contributed by atoms with Crippen LogP contribution in [0, 0.1) is 19.8 Å². The van der Waals surface area contributed by atoms with Crippen molar-refractivity contribution in [1.29, 1.82) is 0 Å². The first-order valence-electron chi connectivity index (χ1n) is 15.0. The van der Waals surface area contributed by atoms with Crippen molar-refractivity contribution < 1.29 is 33.2 Å². The summed E-state index contributed by atoms with van der Waals surface area (Å²) in [6.07, 6.45) is 0.574. The highest BCUT2D eigenvalue weighted by Gasteiger charge is 2.33. The van der Waals surface area contributed by atoms with Gasteiger partial charge in [-0.3, -0.25) is 28.8 Å². The first-order valence-corrected chi connectivity index (χ1v) is 15.0. The fraction of sp³-hybridized carbons (Fsp3) is 0.516. The standard InChI is InChI=1S/C31H43N7O7/c1-17(2)25-29(42)34-19(4)27(40)36-23(15-21-11-8-7-9-12-21)31(44)38(6)16-24(39)32-14-10-13-22(28(41)37-25)35-30(43)26-18(3)33-20(5)45-26/h7-9,11-12,17,19,22-23,25H,10,13-16H2,1-6H3,(H,32,39)(H,34,42)(H,35,43)(H,36,40)(H,37,41)/t19-,22+,23+,25-/m1/s1. The number of oxazole rings is 1. The predicted molar refractivity (Wildman–Crippen MR) is 164 cm³/mol. The lowest BCUT2D eigenvalue weighted by Gasteiger charge is -2.28. The molecule has 244 valence electrons. The van der Waals surface area contributed by atoms with Gasteiger partial charge in [0.05, 0.1) is 12.2 Å². The van der Waals surface area contributed by atoms with E-state index in [1.807, 2.05) is 30.3 Å². The fourth-order valence-electron chi connectivity index (χ4n) is 4.89. The monoisotopic (exact) mass is 625 g/mol. The molecule has 0 saturated carbocycles. The SMILES string of the molecule is Cc1nc(C)c(C(=O)N[C@H]2CCCNC(=O)CN(C)C(=O)[C@H](Cc3ccccc3)NC(=O)[C@@H](C)NC(=O)[C@@H](C(C)C)NC2=O)o1. The summed E-state index contributed by atoms with van der Waals surface area (Å²) in [5.74, 6) is -3.54. The number of aromatic nitrogens is 1. The van der Waals surface area contributed by atoms with Crippen LogP contribution in [0.2, 0.25) is 0 Å². The van der Waals surface area contributed by atoms with Gasteiger partial charge < -0.3 is 35.9 Å². The molecule has 1 fully saturated rings. The average Bonchev–Trinajstić information content (AvgIpc) is 3.33. The molecule has 3 rings (SSSR count). The predicted octanol–water partition coefficient (Wildman–Crippen LogP) is 0.131. The Morgan fingerprint density at radius 2 is 1.71 bits per heavy atom. The summed E-state index contributed by atoms with van der Waals surface area (Å²) in [6.45, 7) is 8.01. The van der Waals surface area contributed by atoms with Crippen molar-refractivity contribution in [1.82, 2.24) is 36.5 Å². The van der Waals surface area contributed by atoms with E-state index >= 15 is 0 Å². The topological polar surface area (TPSA) is 192 Å². The van der Waals surface area contributed by atoms with Crippen LogP contribution >= 0.6 is 0 Å². The summed E-state index contributed by atoms with van der Waals surface area (Å²) in [4.78, 5) is 84.5. The Kier molecular flexibility index (Phi) is 12.2. The van der Waals surface area contributed by atoms with E-state index in [1.54, 1.807) is 27.7 Å². The van der Waals surface area contributed by atoms with Crippen LogP contribution in [0.1, 0.15) is 61.3 Å². The van der Waals surface area contributed by atoms with Gasteiger partial charge in [-0.1, -0.05) is 44.2 Å². The van der Waals surface area contributed by atoms with Crippen molar-refractivity contribution in [3.05, 3.63) is 53.2 Å². The van der Waals surface area contributed by atoms with Crippen LogP contribution in [0.25, 0.3) is 0 Å². The normalized spacial score (nSPS) is 22.9. The Morgan fingerprint density at radius 3 is 2.33 bits per heavy atom. The van der Waals surface area contributed by atoms with Crippen LogP contribution < -0.4 is 26.6 Å². The second-order valence-electron chi connectivity index (χ2n) is 11.6. The van der Waals surface area contributed by atoms with E-state index in [0.717, 1.165) is 5.56 Å². The van der Waals surface area contributed by atoms with E-state index in [-0.39, 0.29) is 37.6 Å². The van der Waals surface area contributed by atoms with Crippen LogP contribution in [-0.2, 0) is 30.4 Å². The van der Waals surface area contributed by atoms with Crippen molar-refractivity contribution in [3.63, 3.8) is 0 Å². The number of aryl methyl sites for hydroxylation is 2. The molecule has 14 heteroatoms. The lowest BCUT2D eigenvalue weighted by molar-refractivity contribution is -0.139. The van der Waals surface area contributed by atoms with Gasteiger partial charge >= 0.3 is 0 Å². The van der Waals surface area contributed by atoms with E-state index in [4.69, 9.17) is 4.42 Å². The minimum Gasteiger partial charge on any atom is -0.436 e. The molecule has 1 aliphatic heterocycles. The molecule has 0 aliphatic carbocycles. The van der Waals surface area contributed by atoms with Crippen LogP contribution in [0.5, 0.6) is 0 Å². The van der Waals surface area contributed by atoms with Crippen molar-refractivity contribution in [3.8, 4) is 0 Å². The highest BCUT2D eigenvalue weighted by Crippen LogP contribution is 2.12. The molecule has 1 aromatic carbocycles. The zero-order valence-corrected chi connectivity index (χ0v) is 26.6. The molecular formula is C31H43N7O7. The van der Waals surface area contributed by atoms with Crippen LogP contribution in [0.3, 0.4) is 0 Å². The number of carbonyl (C=O) groups excluding carboxylic acids is 6. The highest BCUT2D eigenvalue weighted by molar-refractivity contribution is 5.98. The number of rotatable bonds is 5. The summed E-state index contributed by atoms with van der Waals surface area (Å²) in [7, 11) is 1.46. The molecule has 0 spiro atoms. The number of nitrogens with one attached hydrogen (secondary N) is 5. The zero-order valence-electron chi connectivity index (χ0n) is 26.6. The third-order valence-electron chi connectivity index (χ3n) is 7.38.